The molecule has 0 radical (unpaired) electrons. The first-order valence-corrected chi connectivity index (χ1v) is 8.07. The predicted octanol–water partition coefficient (Wildman–Crippen LogP) is 5.12. The molecule has 0 spiro atoms. The summed E-state index contributed by atoms with van der Waals surface area (Å²) in [6, 6.07) is 14.5. The molecule has 1 fully saturated rings. The van der Waals surface area contributed by atoms with Gasteiger partial charge in [0.05, 0.1) is 6.54 Å². The van der Waals surface area contributed by atoms with Gasteiger partial charge in [-0.15, -0.1) is 0 Å². The van der Waals surface area contributed by atoms with Crippen molar-refractivity contribution >= 4 is 16.5 Å². The lowest BCUT2D eigenvalue weighted by Crippen LogP contribution is -2.27. The van der Waals surface area contributed by atoms with Crippen LogP contribution in [0.25, 0.3) is 10.8 Å². The van der Waals surface area contributed by atoms with Gasteiger partial charge >= 0.3 is 0 Å². The molecule has 2 aromatic rings. The predicted molar refractivity (Wildman–Crippen MR) is 96.4 cm³/mol. The van der Waals surface area contributed by atoms with Gasteiger partial charge < -0.3 is 4.90 Å². The topological polar surface area (TPSA) is 3.24 Å². The van der Waals surface area contributed by atoms with E-state index in [1.807, 2.05) is 39.0 Å². The Hall–Kier alpha value is -2.27. The third kappa shape index (κ3) is 3.24. The van der Waals surface area contributed by atoms with E-state index in [9.17, 15) is 0 Å². The van der Waals surface area contributed by atoms with E-state index in [2.05, 4.69) is 41.0 Å². The molecule has 1 aliphatic rings. The number of hydrogen-bond donors (Lipinski definition) is 0. The number of hydrogen-bond acceptors (Lipinski definition) is 1. The second kappa shape index (κ2) is 6.08. The first-order chi connectivity index (χ1) is 11.0. The van der Waals surface area contributed by atoms with Crippen molar-refractivity contribution in [3.63, 3.8) is 0 Å². The van der Waals surface area contributed by atoms with Gasteiger partial charge in [0.1, 0.15) is 0 Å². The zero-order valence-electron chi connectivity index (χ0n) is 14.0. The Balaban J connectivity index is 1.88. The molecule has 118 valence electrons. The van der Waals surface area contributed by atoms with Crippen LogP contribution in [0.4, 0.5) is 10.1 Å². The highest BCUT2D eigenvalue weighted by Crippen LogP contribution is 2.33. The highest BCUT2D eigenvalue weighted by atomic mass is 19.1. The minimum Gasteiger partial charge on any atom is -0.367 e. The van der Waals surface area contributed by atoms with Crippen LogP contribution in [0, 0.1) is 11.8 Å². The third-order valence-corrected chi connectivity index (χ3v) is 4.55. The molecule has 2 heteroatoms. The lowest BCUT2D eigenvalue weighted by Gasteiger charge is -2.21. The van der Waals surface area contributed by atoms with Gasteiger partial charge in [-0.2, -0.15) is 0 Å². The Labute approximate surface area is 137 Å². The van der Waals surface area contributed by atoms with Crippen LogP contribution < -0.4 is 4.90 Å². The minimum absolute atomic E-state index is 0.337. The number of nitrogens with zero attached hydrogens (tertiary/aromatic N) is 1. The summed E-state index contributed by atoms with van der Waals surface area (Å²) in [5.41, 5.74) is 1.78. The molecule has 0 amide bonds. The maximum atomic E-state index is 15.0. The lowest BCUT2D eigenvalue weighted by molar-refractivity contribution is 0.274. The number of fused-ring (bicyclic) bond motifs is 1. The Morgan fingerprint density at radius 2 is 1.83 bits per heavy atom. The fourth-order valence-corrected chi connectivity index (χ4v) is 2.90. The Morgan fingerprint density at radius 1 is 1.09 bits per heavy atom. The molecule has 1 heterocycles. The highest BCUT2D eigenvalue weighted by Gasteiger charge is 2.37. The monoisotopic (exact) mass is 307 g/mol. The number of benzene rings is 2. The number of alkyl halides is 1. The van der Waals surface area contributed by atoms with E-state index < -0.39 is 5.67 Å². The van der Waals surface area contributed by atoms with E-state index in [-0.39, 0.29) is 0 Å². The standard InChI is InChI=1S/C21H22FN/c1-16(2)17(3)11-12-21(22)13-14-23(15-21)20-10-6-8-18-7-4-5-9-19(18)20/h4-10H,13-15H2,1-3H3. The molecule has 0 saturated carbocycles. The van der Waals surface area contributed by atoms with Gasteiger partial charge in [-0.05, 0) is 37.8 Å². The average molecular weight is 307 g/mol. The van der Waals surface area contributed by atoms with Gasteiger partial charge in [-0.1, -0.05) is 53.8 Å². The number of allylic oxidation sites excluding steroid dienone is 2. The van der Waals surface area contributed by atoms with Crippen molar-refractivity contribution in [2.75, 3.05) is 18.0 Å². The summed E-state index contributed by atoms with van der Waals surface area (Å²) in [7, 11) is 0. The summed E-state index contributed by atoms with van der Waals surface area (Å²) in [5.74, 6) is 5.87. The average Bonchev–Trinajstić information content (AvgIpc) is 2.94. The van der Waals surface area contributed by atoms with Crippen molar-refractivity contribution in [2.24, 2.45) is 0 Å². The minimum atomic E-state index is -1.42. The van der Waals surface area contributed by atoms with Crippen molar-refractivity contribution in [3.8, 4) is 11.8 Å². The Morgan fingerprint density at radius 3 is 2.61 bits per heavy atom. The second-order valence-electron chi connectivity index (χ2n) is 6.51. The molecular formula is C21H22FN. The first-order valence-electron chi connectivity index (χ1n) is 8.07. The molecular weight excluding hydrogens is 285 g/mol. The second-order valence-corrected chi connectivity index (χ2v) is 6.51. The molecule has 3 rings (SSSR count). The molecule has 1 unspecified atom stereocenters. The largest absolute Gasteiger partial charge is 0.367 e. The smallest absolute Gasteiger partial charge is 0.190 e. The van der Waals surface area contributed by atoms with E-state index in [0.29, 0.717) is 19.5 Å². The molecule has 0 aromatic heterocycles. The van der Waals surface area contributed by atoms with Crippen molar-refractivity contribution in [3.05, 3.63) is 53.6 Å². The van der Waals surface area contributed by atoms with Crippen LogP contribution in [0.15, 0.2) is 53.6 Å². The summed E-state index contributed by atoms with van der Waals surface area (Å²) >= 11 is 0. The first kappa shape index (κ1) is 15.6. The fraction of sp³-hybridized carbons (Fsp3) is 0.333. The van der Waals surface area contributed by atoms with Crippen LogP contribution >= 0.6 is 0 Å². The van der Waals surface area contributed by atoms with E-state index in [0.717, 1.165) is 16.8 Å². The summed E-state index contributed by atoms with van der Waals surface area (Å²) in [6.07, 6.45) is 0.458. The maximum absolute atomic E-state index is 15.0. The number of rotatable bonds is 1. The van der Waals surface area contributed by atoms with E-state index in [1.54, 1.807) is 0 Å². The van der Waals surface area contributed by atoms with Crippen LogP contribution in [-0.2, 0) is 0 Å². The Bertz CT molecular complexity index is 815. The van der Waals surface area contributed by atoms with Crippen molar-refractivity contribution in [1.29, 1.82) is 0 Å². The van der Waals surface area contributed by atoms with Gasteiger partial charge in [-0.25, -0.2) is 4.39 Å². The Kier molecular flexibility index (Phi) is 4.13. The van der Waals surface area contributed by atoms with Gasteiger partial charge in [0.2, 0.25) is 0 Å². The summed E-state index contributed by atoms with van der Waals surface area (Å²) in [6.45, 7) is 7.00. The van der Waals surface area contributed by atoms with Crippen LogP contribution in [0.2, 0.25) is 0 Å². The summed E-state index contributed by atoms with van der Waals surface area (Å²) in [5, 5.41) is 2.36. The molecule has 1 atom stereocenters. The molecule has 0 aliphatic carbocycles. The van der Waals surface area contributed by atoms with E-state index in [1.165, 1.54) is 10.8 Å². The molecule has 0 bridgehead atoms. The zero-order valence-corrected chi connectivity index (χ0v) is 14.0. The van der Waals surface area contributed by atoms with E-state index >= 15 is 4.39 Å². The number of anilines is 1. The van der Waals surface area contributed by atoms with Gasteiger partial charge in [0.25, 0.3) is 0 Å². The molecule has 1 nitrogen and oxygen atoms in total. The van der Waals surface area contributed by atoms with Crippen LogP contribution in [0.3, 0.4) is 0 Å². The van der Waals surface area contributed by atoms with Crippen molar-refractivity contribution in [2.45, 2.75) is 32.9 Å². The molecule has 2 aromatic carbocycles. The van der Waals surface area contributed by atoms with E-state index in [4.69, 9.17) is 0 Å². The maximum Gasteiger partial charge on any atom is 0.190 e. The van der Waals surface area contributed by atoms with Gasteiger partial charge in [0.15, 0.2) is 5.67 Å². The van der Waals surface area contributed by atoms with Crippen LogP contribution in [0.1, 0.15) is 27.2 Å². The quantitative estimate of drug-likeness (QED) is 0.661. The SMILES string of the molecule is CC(C)=C(C)C#CC1(F)CCN(c2cccc3ccccc23)C1. The van der Waals surface area contributed by atoms with Crippen molar-refractivity contribution in [1.82, 2.24) is 0 Å². The molecule has 1 aliphatic heterocycles. The fourth-order valence-electron chi connectivity index (χ4n) is 2.90. The molecule has 0 N–H and O–H groups in total. The zero-order chi connectivity index (χ0) is 16.4. The van der Waals surface area contributed by atoms with Crippen molar-refractivity contribution < 1.29 is 4.39 Å². The van der Waals surface area contributed by atoms with Crippen LogP contribution in [-0.4, -0.2) is 18.8 Å². The third-order valence-electron chi connectivity index (χ3n) is 4.55. The van der Waals surface area contributed by atoms with Gasteiger partial charge in [-0.3, -0.25) is 0 Å². The lowest BCUT2D eigenvalue weighted by atomic mass is 10.0. The molecule has 1 saturated heterocycles. The van der Waals surface area contributed by atoms with Crippen LogP contribution in [0.5, 0.6) is 0 Å². The summed E-state index contributed by atoms with van der Waals surface area (Å²) in [4.78, 5) is 2.12. The normalized spacial score (nSPS) is 20.3. The van der Waals surface area contributed by atoms with Gasteiger partial charge in [0, 0.05) is 24.0 Å². The highest BCUT2D eigenvalue weighted by molar-refractivity contribution is 5.94. The number of halogens is 1. The molecule has 23 heavy (non-hydrogen) atoms. The summed E-state index contributed by atoms with van der Waals surface area (Å²) < 4.78 is 15.0.